The van der Waals surface area contributed by atoms with E-state index in [2.05, 4.69) is 46.1 Å². The predicted molar refractivity (Wildman–Crippen MR) is 83.3 cm³/mol. The van der Waals surface area contributed by atoms with E-state index in [0.717, 1.165) is 19.0 Å². The topological polar surface area (TPSA) is 15.3 Å². The molecule has 0 spiro atoms. The molecule has 102 valence electrons. The van der Waals surface area contributed by atoms with Crippen molar-refractivity contribution in [3.05, 3.63) is 20.3 Å². The lowest BCUT2D eigenvalue weighted by molar-refractivity contribution is 0.208. The Morgan fingerprint density at radius 3 is 2.72 bits per heavy atom. The van der Waals surface area contributed by atoms with Crippen molar-refractivity contribution in [3.8, 4) is 0 Å². The van der Waals surface area contributed by atoms with Crippen LogP contribution in [0.1, 0.15) is 29.5 Å². The molecule has 0 radical (unpaired) electrons. The highest BCUT2D eigenvalue weighted by molar-refractivity contribution is 9.10. The maximum atomic E-state index is 3.61. The smallest absolute Gasteiger partial charge is 0.0328 e. The lowest BCUT2D eigenvalue weighted by Crippen LogP contribution is -2.35. The van der Waals surface area contributed by atoms with Gasteiger partial charge in [0.1, 0.15) is 0 Å². The van der Waals surface area contributed by atoms with Crippen molar-refractivity contribution < 1.29 is 0 Å². The first-order valence-electron chi connectivity index (χ1n) is 6.87. The van der Waals surface area contributed by atoms with Crippen molar-refractivity contribution in [2.45, 2.75) is 33.2 Å². The first kappa shape index (κ1) is 14.5. The molecular formula is C14H23BrN2S. The van der Waals surface area contributed by atoms with Crippen molar-refractivity contribution in [2.24, 2.45) is 5.92 Å². The lowest BCUT2D eigenvalue weighted by atomic mass is 9.97. The first-order valence-corrected chi connectivity index (χ1v) is 8.48. The van der Waals surface area contributed by atoms with Crippen molar-refractivity contribution in [2.75, 3.05) is 26.2 Å². The second-order valence-corrected chi connectivity index (χ2v) is 7.33. The van der Waals surface area contributed by atoms with Crippen molar-refractivity contribution in [1.29, 1.82) is 0 Å². The summed E-state index contributed by atoms with van der Waals surface area (Å²) in [5.74, 6) is 0.885. The summed E-state index contributed by atoms with van der Waals surface area (Å²) in [4.78, 5) is 5.46. The zero-order valence-corrected chi connectivity index (χ0v) is 13.7. The molecule has 2 rings (SSSR count). The van der Waals surface area contributed by atoms with Crippen LogP contribution in [0.5, 0.6) is 0 Å². The van der Waals surface area contributed by atoms with E-state index in [1.807, 2.05) is 11.3 Å². The highest BCUT2D eigenvalue weighted by atomic mass is 79.9. The summed E-state index contributed by atoms with van der Waals surface area (Å²) in [7, 11) is 0. The Bertz CT molecular complexity index is 352. The van der Waals surface area contributed by atoms with Crippen LogP contribution in [0.2, 0.25) is 0 Å². The van der Waals surface area contributed by atoms with Crippen LogP contribution in [0.15, 0.2) is 10.5 Å². The molecular weight excluding hydrogens is 308 g/mol. The Hall–Kier alpha value is 0.1000. The van der Waals surface area contributed by atoms with Crippen LogP contribution in [0.25, 0.3) is 0 Å². The summed E-state index contributed by atoms with van der Waals surface area (Å²) in [6.45, 7) is 10.4. The van der Waals surface area contributed by atoms with Gasteiger partial charge in [0.25, 0.3) is 0 Å². The summed E-state index contributed by atoms with van der Waals surface area (Å²) in [5, 5.41) is 3.44. The van der Waals surface area contributed by atoms with E-state index in [1.54, 1.807) is 0 Å². The van der Waals surface area contributed by atoms with E-state index >= 15 is 0 Å². The Morgan fingerprint density at radius 2 is 2.17 bits per heavy atom. The van der Waals surface area contributed by atoms with Crippen molar-refractivity contribution in [1.82, 2.24) is 10.2 Å². The van der Waals surface area contributed by atoms with E-state index in [9.17, 15) is 0 Å². The van der Waals surface area contributed by atoms with Gasteiger partial charge in [0.2, 0.25) is 0 Å². The molecule has 18 heavy (non-hydrogen) atoms. The molecule has 1 fully saturated rings. The van der Waals surface area contributed by atoms with Gasteiger partial charge < -0.3 is 5.32 Å². The fraction of sp³-hybridized carbons (Fsp3) is 0.714. The molecule has 0 saturated carbocycles. The van der Waals surface area contributed by atoms with Gasteiger partial charge in [0.05, 0.1) is 0 Å². The molecule has 2 heterocycles. The van der Waals surface area contributed by atoms with Gasteiger partial charge >= 0.3 is 0 Å². The number of thiophene rings is 1. The molecule has 0 atom stereocenters. The van der Waals surface area contributed by atoms with Gasteiger partial charge in [0.15, 0.2) is 0 Å². The normalized spacial score (nSPS) is 17.6. The van der Waals surface area contributed by atoms with Crippen LogP contribution >= 0.6 is 27.3 Å². The Balaban J connectivity index is 1.88. The number of piperidine rings is 1. The number of rotatable bonds is 5. The lowest BCUT2D eigenvalue weighted by Gasteiger charge is -2.29. The first-order chi connectivity index (χ1) is 8.69. The maximum Gasteiger partial charge on any atom is 0.0328 e. The van der Waals surface area contributed by atoms with Gasteiger partial charge in [-0.2, -0.15) is 0 Å². The van der Waals surface area contributed by atoms with Crippen LogP contribution in [-0.2, 0) is 6.54 Å². The fourth-order valence-electron chi connectivity index (χ4n) is 2.55. The molecule has 0 unspecified atom stereocenters. The molecule has 1 aromatic rings. The highest BCUT2D eigenvalue weighted by Crippen LogP contribution is 2.27. The molecule has 1 aromatic heterocycles. The minimum Gasteiger partial charge on any atom is -0.317 e. The fourth-order valence-corrected chi connectivity index (χ4v) is 4.20. The van der Waals surface area contributed by atoms with Crippen LogP contribution in [0.4, 0.5) is 0 Å². The Morgan fingerprint density at radius 1 is 1.44 bits per heavy atom. The second-order valence-electron chi connectivity index (χ2n) is 5.14. The van der Waals surface area contributed by atoms with Gasteiger partial charge in [-0.15, -0.1) is 11.3 Å². The summed E-state index contributed by atoms with van der Waals surface area (Å²) in [6.07, 6.45) is 2.67. The predicted octanol–water partition coefficient (Wildman–Crippen LogP) is 3.64. The minimum atomic E-state index is 0.885. The van der Waals surface area contributed by atoms with E-state index in [0.29, 0.717) is 0 Å². The Kier molecular flexibility index (Phi) is 5.67. The largest absolute Gasteiger partial charge is 0.317 e. The molecule has 0 aliphatic carbocycles. The standard InChI is InChI=1S/C14H23BrN2S/c1-3-17(9-12-4-6-16-7-5-12)10-13-8-14(15)11(2)18-13/h8,12,16H,3-7,9-10H2,1-2H3. The van der Waals surface area contributed by atoms with Crippen LogP contribution in [0.3, 0.4) is 0 Å². The number of hydrogen-bond acceptors (Lipinski definition) is 3. The van der Waals surface area contributed by atoms with Gasteiger partial charge in [0, 0.05) is 27.3 Å². The number of halogens is 1. The molecule has 1 N–H and O–H groups in total. The average molecular weight is 331 g/mol. The molecule has 1 aliphatic rings. The van der Waals surface area contributed by atoms with Gasteiger partial charge in [-0.1, -0.05) is 6.92 Å². The maximum absolute atomic E-state index is 3.61. The van der Waals surface area contributed by atoms with Crippen molar-refractivity contribution in [3.63, 3.8) is 0 Å². The van der Waals surface area contributed by atoms with Crippen LogP contribution in [0, 0.1) is 12.8 Å². The average Bonchev–Trinajstić information content (AvgIpc) is 2.69. The van der Waals surface area contributed by atoms with E-state index in [-0.39, 0.29) is 0 Å². The molecule has 0 amide bonds. The van der Waals surface area contributed by atoms with Gasteiger partial charge in [-0.05, 0) is 67.3 Å². The third kappa shape index (κ3) is 4.05. The number of nitrogens with one attached hydrogen (secondary N) is 1. The molecule has 2 nitrogen and oxygen atoms in total. The zero-order chi connectivity index (χ0) is 13.0. The van der Waals surface area contributed by atoms with E-state index in [1.165, 1.54) is 46.7 Å². The summed E-state index contributed by atoms with van der Waals surface area (Å²) >= 11 is 5.53. The molecule has 1 aliphatic heterocycles. The van der Waals surface area contributed by atoms with Crippen LogP contribution in [-0.4, -0.2) is 31.1 Å². The van der Waals surface area contributed by atoms with Gasteiger partial charge in [-0.3, -0.25) is 4.90 Å². The third-order valence-electron chi connectivity index (χ3n) is 3.71. The van der Waals surface area contributed by atoms with E-state index < -0.39 is 0 Å². The van der Waals surface area contributed by atoms with Gasteiger partial charge in [-0.25, -0.2) is 0 Å². The number of aryl methyl sites for hydroxylation is 1. The van der Waals surface area contributed by atoms with Crippen LogP contribution < -0.4 is 5.32 Å². The second kappa shape index (κ2) is 7.04. The molecule has 4 heteroatoms. The number of hydrogen-bond donors (Lipinski definition) is 1. The quantitative estimate of drug-likeness (QED) is 0.886. The minimum absolute atomic E-state index is 0.885. The summed E-state index contributed by atoms with van der Waals surface area (Å²) in [6, 6.07) is 2.28. The van der Waals surface area contributed by atoms with Crippen molar-refractivity contribution >= 4 is 27.3 Å². The number of nitrogens with zero attached hydrogens (tertiary/aromatic N) is 1. The summed E-state index contributed by atoms with van der Waals surface area (Å²) in [5.41, 5.74) is 0. The SMILES string of the molecule is CCN(Cc1cc(Br)c(C)s1)CC1CCNCC1. The molecule has 0 aromatic carbocycles. The Labute approximate surface area is 123 Å². The zero-order valence-electron chi connectivity index (χ0n) is 11.3. The molecule has 1 saturated heterocycles. The third-order valence-corrected chi connectivity index (χ3v) is 5.83. The molecule has 0 bridgehead atoms. The monoisotopic (exact) mass is 330 g/mol. The van der Waals surface area contributed by atoms with E-state index in [4.69, 9.17) is 0 Å². The highest BCUT2D eigenvalue weighted by Gasteiger charge is 2.17. The summed E-state index contributed by atoms with van der Waals surface area (Å²) < 4.78 is 1.26.